The lowest BCUT2D eigenvalue weighted by molar-refractivity contribution is -0.133. The van der Waals surface area contributed by atoms with Gasteiger partial charge >= 0.3 is 0 Å². The van der Waals surface area contributed by atoms with Crippen LogP contribution in [-0.4, -0.2) is 31.3 Å². The van der Waals surface area contributed by atoms with Gasteiger partial charge in [-0.15, -0.1) is 0 Å². The van der Waals surface area contributed by atoms with Crippen molar-refractivity contribution in [3.63, 3.8) is 0 Å². The van der Waals surface area contributed by atoms with Crippen molar-refractivity contribution in [3.05, 3.63) is 35.6 Å². The summed E-state index contributed by atoms with van der Waals surface area (Å²) in [6.45, 7) is 3.12. The second-order valence-electron chi connectivity index (χ2n) is 6.51. The fourth-order valence-electron chi connectivity index (χ4n) is 2.84. The Morgan fingerprint density at radius 3 is 2.70 bits per heavy atom. The monoisotopic (exact) mass is 321 g/mol. The molecule has 5 heteroatoms. The van der Waals surface area contributed by atoms with E-state index in [1.807, 2.05) is 0 Å². The van der Waals surface area contributed by atoms with Gasteiger partial charge < -0.3 is 14.8 Å². The summed E-state index contributed by atoms with van der Waals surface area (Å²) >= 11 is 0. The van der Waals surface area contributed by atoms with E-state index >= 15 is 0 Å². The molecule has 2 fully saturated rings. The van der Waals surface area contributed by atoms with Crippen LogP contribution in [0.25, 0.3) is 0 Å². The molecular weight excluding hydrogens is 297 g/mol. The maximum Gasteiger partial charge on any atom is 0.249 e. The van der Waals surface area contributed by atoms with Crippen molar-refractivity contribution in [2.75, 3.05) is 13.2 Å². The number of hydrogen-bond acceptors (Lipinski definition) is 3. The normalized spacial score (nSPS) is 23.5. The van der Waals surface area contributed by atoms with Gasteiger partial charge in [-0.3, -0.25) is 4.79 Å². The lowest BCUT2D eigenvalue weighted by Gasteiger charge is -2.26. The molecule has 1 saturated heterocycles. The zero-order valence-electron chi connectivity index (χ0n) is 13.5. The zero-order chi connectivity index (χ0) is 16.2. The van der Waals surface area contributed by atoms with Gasteiger partial charge in [-0.1, -0.05) is 12.1 Å². The van der Waals surface area contributed by atoms with Crippen molar-refractivity contribution in [1.29, 1.82) is 0 Å². The van der Waals surface area contributed by atoms with Gasteiger partial charge in [-0.05, 0) is 56.2 Å². The van der Waals surface area contributed by atoms with Crippen molar-refractivity contribution in [1.82, 2.24) is 5.32 Å². The Hall–Kier alpha value is -1.46. The lowest BCUT2D eigenvalue weighted by Crippen LogP contribution is -2.41. The summed E-state index contributed by atoms with van der Waals surface area (Å²) < 4.78 is 24.5. The van der Waals surface area contributed by atoms with Crippen LogP contribution in [0.2, 0.25) is 0 Å². The van der Waals surface area contributed by atoms with E-state index < -0.39 is 6.10 Å². The Morgan fingerprint density at radius 2 is 2.09 bits per heavy atom. The molecule has 0 spiro atoms. The third kappa shape index (κ3) is 4.52. The van der Waals surface area contributed by atoms with E-state index in [-0.39, 0.29) is 23.9 Å². The molecule has 1 aliphatic carbocycles. The molecule has 4 nitrogen and oxygen atoms in total. The smallest absolute Gasteiger partial charge is 0.249 e. The quantitative estimate of drug-likeness (QED) is 0.840. The fraction of sp³-hybridized carbons (Fsp3) is 0.611. The van der Waals surface area contributed by atoms with Gasteiger partial charge in [0.1, 0.15) is 11.9 Å². The van der Waals surface area contributed by atoms with Crippen LogP contribution < -0.4 is 5.32 Å². The van der Waals surface area contributed by atoms with Crippen LogP contribution in [0.3, 0.4) is 0 Å². The van der Waals surface area contributed by atoms with Gasteiger partial charge in [0.15, 0.2) is 0 Å². The number of halogens is 1. The van der Waals surface area contributed by atoms with E-state index in [4.69, 9.17) is 9.47 Å². The third-order valence-corrected chi connectivity index (χ3v) is 4.51. The molecular formula is C18H24FNO3. The minimum absolute atomic E-state index is 0.0694. The van der Waals surface area contributed by atoms with Crippen molar-refractivity contribution in [3.8, 4) is 0 Å². The van der Waals surface area contributed by atoms with Crippen LogP contribution >= 0.6 is 0 Å². The molecule has 0 unspecified atom stereocenters. The predicted molar refractivity (Wildman–Crippen MR) is 84.4 cm³/mol. The Kier molecular flexibility index (Phi) is 5.28. The van der Waals surface area contributed by atoms with Crippen LogP contribution in [0.4, 0.5) is 4.39 Å². The van der Waals surface area contributed by atoms with E-state index in [2.05, 4.69) is 5.32 Å². The van der Waals surface area contributed by atoms with E-state index in [9.17, 15) is 9.18 Å². The summed E-state index contributed by atoms with van der Waals surface area (Å²) in [7, 11) is 0. The summed E-state index contributed by atoms with van der Waals surface area (Å²) in [5, 5.41) is 3.03. The molecule has 1 amide bonds. The minimum Gasteiger partial charge on any atom is -0.376 e. The number of nitrogens with one attached hydrogen (secondary N) is 1. The number of rotatable bonds is 7. The maximum atomic E-state index is 13.2. The summed E-state index contributed by atoms with van der Waals surface area (Å²) in [6, 6.07) is 5.97. The third-order valence-electron chi connectivity index (χ3n) is 4.51. The number of hydrogen-bond donors (Lipinski definition) is 1. The van der Waals surface area contributed by atoms with Crippen LogP contribution in [-0.2, 0) is 14.3 Å². The van der Waals surface area contributed by atoms with Gasteiger partial charge in [-0.2, -0.15) is 0 Å². The Balaban J connectivity index is 1.64. The first-order chi connectivity index (χ1) is 11.1. The highest BCUT2D eigenvalue weighted by molar-refractivity contribution is 5.80. The van der Waals surface area contributed by atoms with Gasteiger partial charge in [-0.25, -0.2) is 4.39 Å². The zero-order valence-corrected chi connectivity index (χ0v) is 13.5. The molecule has 1 heterocycles. The molecule has 0 bridgehead atoms. The number of carbonyl (C=O) groups excluding carboxylic acids is 1. The molecule has 3 atom stereocenters. The highest BCUT2D eigenvalue weighted by atomic mass is 19.1. The first kappa shape index (κ1) is 16.4. The summed E-state index contributed by atoms with van der Waals surface area (Å²) in [5.74, 6) is 0.194. The van der Waals surface area contributed by atoms with Crippen LogP contribution in [0, 0.1) is 11.7 Å². The molecule has 23 heavy (non-hydrogen) atoms. The number of benzene rings is 1. The van der Waals surface area contributed by atoms with E-state index in [0.29, 0.717) is 19.1 Å². The van der Waals surface area contributed by atoms with E-state index in [1.54, 1.807) is 19.1 Å². The van der Waals surface area contributed by atoms with E-state index in [0.717, 1.165) is 18.4 Å². The Labute approximate surface area is 136 Å². The molecule has 0 aromatic heterocycles. The first-order valence-electron chi connectivity index (χ1n) is 8.42. The SMILES string of the molecule is C[C@H](OCC1CC1)C(=O)N[C@@H](c1ccc(F)cc1)[C@H]1CCCO1. The van der Waals surface area contributed by atoms with Gasteiger partial charge in [0.2, 0.25) is 5.91 Å². The standard InChI is InChI=1S/C18H24FNO3/c1-12(23-11-13-4-5-13)18(21)20-17(16-3-2-10-22-16)14-6-8-15(19)9-7-14/h6-9,12-13,16-17H,2-5,10-11H2,1H3,(H,20,21)/t12-,16+,17-/m0/s1. The molecule has 1 aromatic carbocycles. The van der Waals surface area contributed by atoms with Crippen LogP contribution in [0.15, 0.2) is 24.3 Å². The summed E-state index contributed by atoms with van der Waals surface area (Å²) in [5.41, 5.74) is 0.862. The van der Waals surface area contributed by atoms with Crippen molar-refractivity contribution >= 4 is 5.91 Å². The lowest BCUT2D eigenvalue weighted by atomic mass is 9.99. The first-order valence-corrected chi connectivity index (χ1v) is 8.42. The second-order valence-corrected chi connectivity index (χ2v) is 6.51. The Bertz CT molecular complexity index is 524. The van der Waals surface area contributed by atoms with Crippen LogP contribution in [0.1, 0.15) is 44.2 Å². The summed E-state index contributed by atoms with van der Waals surface area (Å²) in [4.78, 5) is 12.4. The van der Waals surface area contributed by atoms with Crippen LogP contribution in [0.5, 0.6) is 0 Å². The second kappa shape index (κ2) is 7.41. The number of amides is 1. The fourth-order valence-corrected chi connectivity index (χ4v) is 2.84. The van der Waals surface area contributed by atoms with E-state index in [1.165, 1.54) is 25.0 Å². The largest absolute Gasteiger partial charge is 0.376 e. The van der Waals surface area contributed by atoms with Crippen molar-refractivity contribution in [2.45, 2.75) is 50.9 Å². The number of carbonyl (C=O) groups is 1. The average molecular weight is 321 g/mol. The molecule has 1 aromatic rings. The average Bonchev–Trinajstić information content (AvgIpc) is 3.23. The molecule has 1 saturated carbocycles. The minimum atomic E-state index is -0.486. The van der Waals surface area contributed by atoms with Gasteiger partial charge in [0.05, 0.1) is 18.8 Å². The topological polar surface area (TPSA) is 47.6 Å². The maximum absolute atomic E-state index is 13.2. The summed E-state index contributed by atoms with van der Waals surface area (Å²) in [6.07, 6.45) is 3.70. The molecule has 126 valence electrons. The Morgan fingerprint density at radius 1 is 1.35 bits per heavy atom. The van der Waals surface area contributed by atoms with Gasteiger partial charge in [0.25, 0.3) is 0 Å². The highest BCUT2D eigenvalue weighted by Crippen LogP contribution is 2.30. The molecule has 1 N–H and O–H groups in total. The van der Waals surface area contributed by atoms with Crippen molar-refractivity contribution < 1.29 is 18.7 Å². The molecule has 0 radical (unpaired) electrons. The van der Waals surface area contributed by atoms with Gasteiger partial charge in [0, 0.05) is 6.61 Å². The molecule has 1 aliphatic heterocycles. The number of ether oxygens (including phenoxy) is 2. The predicted octanol–water partition coefficient (Wildman–Crippen LogP) is 2.98. The molecule has 3 rings (SSSR count). The van der Waals surface area contributed by atoms with Crippen molar-refractivity contribution in [2.24, 2.45) is 5.92 Å². The highest BCUT2D eigenvalue weighted by Gasteiger charge is 2.31. The molecule has 2 aliphatic rings.